The predicted octanol–water partition coefficient (Wildman–Crippen LogP) is 2.91. The number of rotatable bonds is 5. The Bertz CT molecular complexity index is 671. The first-order valence-corrected chi connectivity index (χ1v) is 6.26. The van der Waals surface area contributed by atoms with Gasteiger partial charge in [0.1, 0.15) is 10.7 Å². The van der Waals surface area contributed by atoms with Gasteiger partial charge in [-0.2, -0.15) is 0 Å². The summed E-state index contributed by atoms with van der Waals surface area (Å²) < 4.78 is 15.4. The SMILES string of the molecule is COc1cc(Cl)c(C(N)c2ccc([N+](=O)[O-])o2)cc1OC. The van der Waals surface area contributed by atoms with Crippen LogP contribution in [-0.2, 0) is 0 Å². The molecule has 1 aromatic carbocycles. The van der Waals surface area contributed by atoms with E-state index in [2.05, 4.69) is 0 Å². The fourth-order valence-corrected chi connectivity index (χ4v) is 2.14. The Morgan fingerprint density at radius 1 is 1.29 bits per heavy atom. The molecule has 1 unspecified atom stereocenters. The number of hydrogen-bond acceptors (Lipinski definition) is 6. The molecule has 0 aliphatic heterocycles. The van der Waals surface area contributed by atoms with Crippen LogP contribution in [0.3, 0.4) is 0 Å². The molecule has 0 bridgehead atoms. The molecule has 21 heavy (non-hydrogen) atoms. The van der Waals surface area contributed by atoms with Crippen LogP contribution in [0, 0.1) is 10.1 Å². The highest BCUT2D eigenvalue weighted by molar-refractivity contribution is 6.31. The summed E-state index contributed by atoms with van der Waals surface area (Å²) >= 11 is 6.16. The van der Waals surface area contributed by atoms with Crippen LogP contribution in [0.1, 0.15) is 17.4 Å². The third kappa shape index (κ3) is 2.93. The molecule has 2 aromatic rings. The molecule has 0 radical (unpaired) electrons. The number of hydrogen-bond donors (Lipinski definition) is 1. The lowest BCUT2D eigenvalue weighted by Gasteiger charge is -2.15. The summed E-state index contributed by atoms with van der Waals surface area (Å²) in [7, 11) is 2.97. The van der Waals surface area contributed by atoms with E-state index in [0.29, 0.717) is 22.1 Å². The highest BCUT2D eigenvalue weighted by Crippen LogP contribution is 2.37. The van der Waals surface area contributed by atoms with Crippen molar-refractivity contribution in [3.8, 4) is 11.5 Å². The van der Waals surface area contributed by atoms with Crippen molar-refractivity contribution in [3.05, 3.63) is 50.7 Å². The first-order valence-electron chi connectivity index (χ1n) is 5.89. The fourth-order valence-electron chi connectivity index (χ4n) is 1.87. The average Bonchev–Trinajstić information content (AvgIpc) is 2.96. The molecule has 2 rings (SSSR count). The molecule has 1 atom stereocenters. The van der Waals surface area contributed by atoms with Gasteiger partial charge in [-0.3, -0.25) is 10.1 Å². The second-order valence-electron chi connectivity index (χ2n) is 4.14. The lowest BCUT2D eigenvalue weighted by atomic mass is 10.0. The number of furan rings is 1. The zero-order chi connectivity index (χ0) is 15.6. The summed E-state index contributed by atoms with van der Waals surface area (Å²) in [5, 5.41) is 11.0. The highest BCUT2D eigenvalue weighted by Gasteiger charge is 2.22. The molecule has 0 aliphatic carbocycles. The maximum Gasteiger partial charge on any atom is 0.433 e. The monoisotopic (exact) mass is 312 g/mol. The summed E-state index contributed by atoms with van der Waals surface area (Å²) in [6.07, 6.45) is 0. The minimum absolute atomic E-state index is 0.232. The maximum atomic E-state index is 10.6. The van der Waals surface area contributed by atoms with Crippen LogP contribution in [0.5, 0.6) is 11.5 Å². The van der Waals surface area contributed by atoms with Crippen molar-refractivity contribution in [1.29, 1.82) is 0 Å². The molecule has 1 heterocycles. The third-order valence-electron chi connectivity index (χ3n) is 2.94. The summed E-state index contributed by atoms with van der Waals surface area (Å²) in [4.78, 5) is 10.0. The zero-order valence-electron chi connectivity index (χ0n) is 11.3. The quantitative estimate of drug-likeness (QED) is 0.673. The number of nitrogens with zero attached hydrogens (tertiary/aromatic N) is 1. The Hall–Kier alpha value is -2.25. The molecule has 0 spiro atoms. The van der Waals surface area contributed by atoms with Gasteiger partial charge in [0.2, 0.25) is 0 Å². The van der Waals surface area contributed by atoms with Crippen LogP contribution >= 0.6 is 11.6 Å². The van der Waals surface area contributed by atoms with Gasteiger partial charge in [-0.1, -0.05) is 11.6 Å². The second-order valence-corrected chi connectivity index (χ2v) is 4.55. The van der Waals surface area contributed by atoms with Gasteiger partial charge in [0.15, 0.2) is 11.5 Å². The van der Waals surface area contributed by atoms with E-state index in [9.17, 15) is 10.1 Å². The summed E-state index contributed by atoms with van der Waals surface area (Å²) in [5.74, 6) is 0.769. The highest BCUT2D eigenvalue weighted by atomic mass is 35.5. The van der Waals surface area contributed by atoms with Crippen molar-refractivity contribution in [2.24, 2.45) is 5.73 Å². The van der Waals surface area contributed by atoms with Crippen molar-refractivity contribution >= 4 is 17.5 Å². The molecule has 0 saturated carbocycles. The molecule has 0 aliphatic rings. The first-order chi connectivity index (χ1) is 9.97. The Balaban J connectivity index is 2.42. The van der Waals surface area contributed by atoms with E-state index in [1.54, 1.807) is 12.1 Å². The molecule has 7 nitrogen and oxygen atoms in total. The minimum Gasteiger partial charge on any atom is -0.493 e. The normalized spacial score (nSPS) is 12.0. The predicted molar refractivity (Wildman–Crippen MR) is 75.9 cm³/mol. The number of nitrogens with two attached hydrogens (primary N) is 1. The molecule has 2 N–H and O–H groups in total. The lowest BCUT2D eigenvalue weighted by molar-refractivity contribution is -0.402. The Morgan fingerprint density at radius 2 is 1.90 bits per heavy atom. The molecule has 112 valence electrons. The van der Waals surface area contributed by atoms with E-state index in [1.807, 2.05) is 0 Å². The van der Waals surface area contributed by atoms with E-state index in [-0.39, 0.29) is 11.6 Å². The van der Waals surface area contributed by atoms with Crippen LogP contribution in [0.4, 0.5) is 5.88 Å². The number of nitro groups is 1. The smallest absolute Gasteiger partial charge is 0.433 e. The van der Waals surface area contributed by atoms with Crippen molar-refractivity contribution < 1.29 is 18.8 Å². The standard InChI is InChI=1S/C13H13ClN2O5/c1-19-10-5-7(8(14)6-11(10)20-2)13(15)9-3-4-12(21-9)16(17)18/h3-6,13H,15H2,1-2H3. The van der Waals surface area contributed by atoms with Gasteiger partial charge in [0.25, 0.3) is 0 Å². The Morgan fingerprint density at radius 3 is 2.43 bits per heavy atom. The molecule has 0 fully saturated rings. The number of benzene rings is 1. The van der Waals surface area contributed by atoms with Gasteiger partial charge in [-0.15, -0.1) is 0 Å². The van der Waals surface area contributed by atoms with Crippen molar-refractivity contribution in [1.82, 2.24) is 0 Å². The van der Waals surface area contributed by atoms with E-state index in [4.69, 9.17) is 31.2 Å². The van der Waals surface area contributed by atoms with Crippen molar-refractivity contribution in [2.75, 3.05) is 14.2 Å². The topological polar surface area (TPSA) is 101 Å². The molecular weight excluding hydrogens is 300 g/mol. The summed E-state index contributed by atoms with van der Waals surface area (Å²) in [6.45, 7) is 0. The van der Waals surface area contributed by atoms with Crippen LogP contribution in [0.2, 0.25) is 5.02 Å². The van der Waals surface area contributed by atoms with Crippen molar-refractivity contribution in [2.45, 2.75) is 6.04 Å². The van der Waals surface area contributed by atoms with E-state index < -0.39 is 11.0 Å². The van der Waals surface area contributed by atoms with Crippen LogP contribution < -0.4 is 15.2 Å². The molecule has 8 heteroatoms. The average molecular weight is 313 g/mol. The van der Waals surface area contributed by atoms with Gasteiger partial charge < -0.3 is 19.6 Å². The fraction of sp³-hybridized carbons (Fsp3) is 0.231. The zero-order valence-corrected chi connectivity index (χ0v) is 12.1. The second kappa shape index (κ2) is 6.02. The molecular formula is C13H13ClN2O5. The van der Waals surface area contributed by atoms with Gasteiger partial charge in [0, 0.05) is 11.1 Å². The number of halogens is 1. The van der Waals surface area contributed by atoms with Gasteiger partial charge >= 0.3 is 5.88 Å². The largest absolute Gasteiger partial charge is 0.493 e. The van der Waals surface area contributed by atoms with Gasteiger partial charge in [-0.05, 0) is 17.7 Å². The van der Waals surface area contributed by atoms with E-state index >= 15 is 0 Å². The van der Waals surface area contributed by atoms with Crippen LogP contribution in [-0.4, -0.2) is 19.1 Å². The van der Waals surface area contributed by atoms with Crippen LogP contribution in [0.25, 0.3) is 0 Å². The first kappa shape index (κ1) is 15.1. The summed E-state index contributed by atoms with van der Waals surface area (Å²) in [6, 6.07) is 5.10. The van der Waals surface area contributed by atoms with E-state index in [0.717, 1.165) is 0 Å². The molecule has 0 saturated heterocycles. The number of methoxy groups -OCH3 is 2. The minimum atomic E-state index is -0.758. The molecule has 1 aromatic heterocycles. The summed E-state index contributed by atoms with van der Waals surface area (Å²) in [5.41, 5.74) is 6.56. The van der Waals surface area contributed by atoms with Crippen molar-refractivity contribution in [3.63, 3.8) is 0 Å². The van der Waals surface area contributed by atoms with Gasteiger partial charge in [-0.25, -0.2) is 0 Å². The Kier molecular flexibility index (Phi) is 4.35. The molecule has 0 amide bonds. The van der Waals surface area contributed by atoms with Gasteiger partial charge in [0.05, 0.1) is 26.3 Å². The lowest BCUT2D eigenvalue weighted by Crippen LogP contribution is -2.12. The number of ether oxygens (including phenoxy) is 2. The maximum absolute atomic E-state index is 10.6. The van der Waals surface area contributed by atoms with E-state index in [1.165, 1.54) is 26.4 Å². The Labute approximate surface area is 125 Å². The van der Waals surface area contributed by atoms with Crippen LogP contribution in [0.15, 0.2) is 28.7 Å². The third-order valence-corrected chi connectivity index (χ3v) is 3.26.